The van der Waals surface area contributed by atoms with Crippen molar-refractivity contribution in [3.05, 3.63) is 23.4 Å². The molecule has 0 saturated heterocycles. The van der Waals surface area contributed by atoms with Crippen LogP contribution in [0.1, 0.15) is 40.0 Å². The second-order valence-corrected chi connectivity index (χ2v) is 4.13. The number of ether oxygens (including phenoxy) is 2. The van der Waals surface area contributed by atoms with Crippen molar-refractivity contribution in [2.24, 2.45) is 5.73 Å². The minimum atomic E-state index is -0.324. The van der Waals surface area contributed by atoms with Crippen LogP contribution in [0, 0.1) is 0 Å². The van der Waals surface area contributed by atoms with Gasteiger partial charge in [-0.2, -0.15) is 0 Å². The molecule has 0 aromatic rings. The van der Waals surface area contributed by atoms with E-state index in [4.69, 9.17) is 15.2 Å². The number of hydrogen-bond donors (Lipinski definition) is 1. The summed E-state index contributed by atoms with van der Waals surface area (Å²) >= 11 is 0. The third-order valence-electron chi connectivity index (χ3n) is 2.31. The Morgan fingerprint density at radius 3 is 2.44 bits per heavy atom. The topological polar surface area (TPSA) is 61.6 Å². The van der Waals surface area contributed by atoms with E-state index in [1.165, 1.54) is 19.3 Å². The minimum Gasteiger partial charge on any atom is -0.460 e. The van der Waals surface area contributed by atoms with Crippen molar-refractivity contribution in [1.82, 2.24) is 0 Å². The number of hydrogen-bond acceptors (Lipinski definition) is 4. The monoisotopic (exact) mass is 255 g/mol. The number of cyclic esters (lactones) is 1. The van der Waals surface area contributed by atoms with Gasteiger partial charge in [-0.15, -0.1) is 0 Å². The van der Waals surface area contributed by atoms with Gasteiger partial charge in [-0.3, -0.25) is 0 Å². The first-order valence-electron chi connectivity index (χ1n) is 6.49. The lowest BCUT2D eigenvalue weighted by Gasteiger charge is -2.08. The lowest BCUT2D eigenvalue weighted by molar-refractivity contribution is -0.140. The number of allylic oxidation sites excluding steroid dienone is 2. The van der Waals surface area contributed by atoms with Gasteiger partial charge in [-0.25, -0.2) is 4.79 Å². The van der Waals surface area contributed by atoms with Gasteiger partial charge in [0.15, 0.2) is 0 Å². The van der Waals surface area contributed by atoms with E-state index in [2.05, 4.69) is 13.8 Å². The lowest BCUT2D eigenvalue weighted by atomic mass is 10.2. The number of carbonyl (C=O) groups is 1. The van der Waals surface area contributed by atoms with Crippen molar-refractivity contribution in [3.63, 3.8) is 0 Å². The summed E-state index contributed by atoms with van der Waals surface area (Å²) in [6.45, 7) is 7.15. The molecule has 18 heavy (non-hydrogen) atoms. The van der Waals surface area contributed by atoms with Gasteiger partial charge in [0, 0.05) is 11.3 Å². The van der Waals surface area contributed by atoms with Crippen molar-refractivity contribution >= 4 is 5.97 Å². The number of rotatable bonds is 2. The zero-order valence-electron chi connectivity index (χ0n) is 11.7. The zero-order valence-corrected chi connectivity index (χ0v) is 11.7. The number of esters is 1. The third-order valence-corrected chi connectivity index (χ3v) is 2.31. The molecule has 2 N–H and O–H groups in total. The van der Waals surface area contributed by atoms with E-state index in [1.807, 2.05) is 0 Å². The molecule has 0 aromatic heterocycles. The van der Waals surface area contributed by atoms with Crippen LogP contribution in [0.2, 0.25) is 0 Å². The Morgan fingerprint density at radius 1 is 1.22 bits per heavy atom. The van der Waals surface area contributed by atoms with E-state index in [0.29, 0.717) is 24.5 Å². The fourth-order valence-corrected chi connectivity index (χ4v) is 1.20. The molecule has 0 unspecified atom stereocenters. The minimum absolute atomic E-state index is 0.275. The highest BCUT2D eigenvalue weighted by Gasteiger charge is 2.05. The van der Waals surface area contributed by atoms with Gasteiger partial charge < -0.3 is 15.2 Å². The molecule has 0 fully saturated rings. The predicted octanol–water partition coefficient (Wildman–Crippen LogP) is 2.55. The van der Waals surface area contributed by atoms with Crippen molar-refractivity contribution in [1.29, 1.82) is 0 Å². The average molecular weight is 255 g/mol. The first-order valence-corrected chi connectivity index (χ1v) is 6.49. The molecule has 1 heterocycles. The van der Waals surface area contributed by atoms with Crippen molar-refractivity contribution in [3.8, 4) is 0 Å². The van der Waals surface area contributed by atoms with Gasteiger partial charge in [0.2, 0.25) is 0 Å². The zero-order chi connectivity index (χ0) is 13.8. The Labute approximate surface area is 110 Å². The highest BCUT2D eigenvalue weighted by Crippen LogP contribution is 2.00. The molecule has 1 aliphatic heterocycles. The van der Waals surface area contributed by atoms with E-state index < -0.39 is 0 Å². The third kappa shape index (κ3) is 8.82. The second-order valence-electron chi connectivity index (χ2n) is 4.13. The average Bonchev–Trinajstić information content (AvgIpc) is 2.36. The molecule has 0 bridgehead atoms. The normalized spacial score (nSPS) is 22.5. The molecule has 104 valence electrons. The van der Waals surface area contributed by atoms with Crippen LogP contribution in [0.4, 0.5) is 0 Å². The highest BCUT2D eigenvalue weighted by atomic mass is 16.6. The van der Waals surface area contributed by atoms with Crippen molar-refractivity contribution in [2.45, 2.75) is 40.0 Å². The fraction of sp³-hybridized carbons (Fsp3) is 0.643. The SMILES string of the molecule is C/C1=C\C=C(\N)COCCOC1=O.CCCCC. The highest BCUT2D eigenvalue weighted by molar-refractivity contribution is 5.88. The van der Waals surface area contributed by atoms with Crippen LogP contribution in [0.15, 0.2) is 23.4 Å². The summed E-state index contributed by atoms with van der Waals surface area (Å²) in [5.41, 5.74) is 6.72. The van der Waals surface area contributed by atoms with Crippen LogP contribution in [0.25, 0.3) is 0 Å². The molecule has 1 aliphatic rings. The molecule has 0 spiro atoms. The first-order chi connectivity index (χ1) is 8.61. The molecule has 4 nitrogen and oxygen atoms in total. The number of nitrogens with two attached hydrogens (primary N) is 1. The summed E-state index contributed by atoms with van der Waals surface area (Å²) in [6, 6.07) is 0. The maximum Gasteiger partial charge on any atom is 0.333 e. The number of carbonyl (C=O) groups excluding carboxylic acids is 1. The van der Waals surface area contributed by atoms with Crippen LogP contribution in [-0.4, -0.2) is 25.8 Å². The van der Waals surface area contributed by atoms with E-state index in [9.17, 15) is 4.79 Å². The Balaban J connectivity index is 0.000000494. The van der Waals surface area contributed by atoms with Gasteiger partial charge in [0.05, 0.1) is 13.2 Å². The molecule has 0 aromatic carbocycles. The molecule has 4 heteroatoms. The molecule has 0 radical (unpaired) electrons. The summed E-state index contributed by atoms with van der Waals surface area (Å²) < 4.78 is 9.97. The van der Waals surface area contributed by atoms with Crippen LogP contribution in [0.3, 0.4) is 0 Å². The smallest absolute Gasteiger partial charge is 0.333 e. The molecule has 0 saturated carbocycles. The maximum atomic E-state index is 11.1. The summed E-state index contributed by atoms with van der Waals surface area (Å²) in [7, 11) is 0. The Bertz CT molecular complexity index is 293. The fourth-order valence-electron chi connectivity index (χ4n) is 1.20. The second kappa shape index (κ2) is 10.8. The standard InChI is InChI=1S/C9H13NO3.C5H12/c1-7-2-3-8(10)6-12-4-5-13-9(7)11;1-3-5-4-2/h2-3H,4-6,10H2,1H3;3-5H2,1-2H3/b7-2+,8-3+;. The summed E-state index contributed by atoms with van der Waals surface area (Å²) in [4.78, 5) is 11.1. The van der Waals surface area contributed by atoms with Gasteiger partial charge in [0.1, 0.15) is 6.61 Å². The predicted molar refractivity (Wildman–Crippen MR) is 73.0 cm³/mol. The van der Waals surface area contributed by atoms with Gasteiger partial charge in [0.25, 0.3) is 0 Å². The first kappa shape index (κ1) is 16.7. The Hall–Kier alpha value is -1.29. The van der Waals surface area contributed by atoms with E-state index >= 15 is 0 Å². The quantitative estimate of drug-likeness (QED) is 0.770. The molecular formula is C14H25NO3. The Morgan fingerprint density at radius 2 is 1.89 bits per heavy atom. The number of unbranched alkanes of at least 4 members (excludes halogenated alkanes) is 2. The molecular weight excluding hydrogens is 230 g/mol. The molecule has 1 rings (SSSR count). The summed E-state index contributed by atoms with van der Waals surface area (Å²) in [5, 5.41) is 0. The van der Waals surface area contributed by atoms with Crippen molar-refractivity contribution in [2.75, 3.05) is 19.8 Å². The van der Waals surface area contributed by atoms with Crippen LogP contribution in [-0.2, 0) is 14.3 Å². The van der Waals surface area contributed by atoms with E-state index in [1.54, 1.807) is 19.1 Å². The summed E-state index contributed by atoms with van der Waals surface area (Å²) in [5.74, 6) is -0.324. The lowest BCUT2D eigenvalue weighted by Crippen LogP contribution is -2.15. The Kier molecular flexibility index (Phi) is 10.1. The van der Waals surface area contributed by atoms with Crippen molar-refractivity contribution < 1.29 is 14.3 Å². The van der Waals surface area contributed by atoms with Crippen LogP contribution < -0.4 is 5.73 Å². The largest absolute Gasteiger partial charge is 0.460 e. The van der Waals surface area contributed by atoms with Gasteiger partial charge in [-0.05, 0) is 13.0 Å². The van der Waals surface area contributed by atoms with Gasteiger partial charge >= 0.3 is 5.97 Å². The maximum absolute atomic E-state index is 11.1. The van der Waals surface area contributed by atoms with Crippen LogP contribution in [0.5, 0.6) is 0 Å². The molecule has 0 atom stereocenters. The van der Waals surface area contributed by atoms with Crippen LogP contribution >= 0.6 is 0 Å². The van der Waals surface area contributed by atoms with E-state index in [0.717, 1.165) is 0 Å². The molecule has 0 amide bonds. The summed E-state index contributed by atoms with van der Waals surface area (Å²) in [6.07, 6.45) is 7.36. The van der Waals surface area contributed by atoms with Gasteiger partial charge in [-0.1, -0.05) is 39.2 Å². The molecule has 0 aliphatic carbocycles. The van der Waals surface area contributed by atoms with E-state index in [-0.39, 0.29) is 12.6 Å².